The molecular weight excluding hydrogens is 937 g/mol. The standard InChI is InChI=1S/C65H49F6N3/c66-64(67,68)39-44-19-25-54(26-20-44)61-33-23-46(41-72-61)15-17-48-35-49(18-16-47-24-34-62(73-42-47)55-27-21-45(22-28-55)40-65(69,70)71)37-56(36-48)57-13-7-8-14-58(57)60-43-74-63(53-11-5-2-6-12-53)38-59(60)52-31-29-51(30-32-52)50-9-3-1-4-10-50/h1-14,19-38,41-43H,15-18,39-40H2. The quantitative estimate of drug-likeness (QED) is 0.0961. The van der Waals surface area contributed by atoms with Crippen molar-refractivity contribution in [2.75, 3.05) is 0 Å². The SMILES string of the molecule is FC(F)(F)Cc1ccc(-c2ccc(CCc3cc(CCc4ccc(-c5ccc(CC(F)(F)F)cc5)nc4)cc(-c4ccccc4-c4cnc(-c5ccccc5)cc4-c4ccc(-c5ccccc5)cc4)c3)cn2)cc1. The molecule has 0 spiro atoms. The predicted octanol–water partition coefficient (Wildman–Crippen LogP) is 17.3. The molecule has 0 unspecified atom stereocenters. The van der Waals surface area contributed by atoms with Gasteiger partial charge in [-0.2, -0.15) is 26.3 Å². The minimum absolute atomic E-state index is 0.206. The van der Waals surface area contributed by atoms with E-state index in [4.69, 9.17) is 15.0 Å². The summed E-state index contributed by atoms with van der Waals surface area (Å²) in [4.78, 5) is 14.5. The Labute approximate surface area is 427 Å². The molecule has 0 atom stereocenters. The maximum absolute atomic E-state index is 13.0. The Morgan fingerprint density at radius 2 is 0.649 bits per heavy atom. The first-order valence-electron chi connectivity index (χ1n) is 24.5. The lowest BCUT2D eigenvalue weighted by atomic mass is 9.87. The van der Waals surface area contributed by atoms with Gasteiger partial charge in [0.2, 0.25) is 0 Å². The highest BCUT2D eigenvalue weighted by Gasteiger charge is 2.28. The molecule has 0 aliphatic carbocycles. The van der Waals surface area contributed by atoms with E-state index in [0.29, 0.717) is 24.2 Å². The molecule has 10 rings (SSSR count). The molecule has 0 bridgehead atoms. The molecule has 7 aromatic carbocycles. The fourth-order valence-corrected chi connectivity index (χ4v) is 9.44. The average molecular weight is 986 g/mol. The van der Waals surface area contributed by atoms with Crippen LogP contribution >= 0.6 is 0 Å². The van der Waals surface area contributed by atoms with Crippen LogP contribution in [-0.2, 0) is 38.5 Å². The summed E-state index contributed by atoms with van der Waals surface area (Å²) in [5, 5.41) is 0. The van der Waals surface area contributed by atoms with E-state index in [1.54, 1.807) is 24.3 Å². The molecule has 3 nitrogen and oxygen atoms in total. The van der Waals surface area contributed by atoms with Crippen molar-refractivity contribution in [3.05, 3.63) is 258 Å². The maximum atomic E-state index is 13.0. The number of pyridine rings is 3. The van der Waals surface area contributed by atoms with Gasteiger partial charge in [-0.25, -0.2) is 0 Å². The first kappa shape index (κ1) is 49.2. The third-order valence-corrected chi connectivity index (χ3v) is 13.2. The second-order valence-corrected chi connectivity index (χ2v) is 18.6. The molecule has 366 valence electrons. The second-order valence-electron chi connectivity index (χ2n) is 18.6. The van der Waals surface area contributed by atoms with Gasteiger partial charge in [-0.15, -0.1) is 0 Å². The molecule has 0 fully saturated rings. The molecule has 0 saturated heterocycles. The third-order valence-electron chi connectivity index (χ3n) is 13.2. The van der Waals surface area contributed by atoms with Gasteiger partial charge in [0.05, 0.1) is 29.9 Å². The smallest absolute Gasteiger partial charge is 0.256 e. The predicted molar refractivity (Wildman–Crippen MR) is 285 cm³/mol. The Morgan fingerprint density at radius 1 is 0.257 bits per heavy atom. The van der Waals surface area contributed by atoms with Crippen LogP contribution in [-0.4, -0.2) is 27.3 Å². The van der Waals surface area contributed by atoms with E-state index in [2.05, 4.69) is 97.1 Å². The van der Waals surface area contributed by atoms with Crippen LogP contribution in [0.2, 0.25) is 0 Å². The molecule has 10 aromatic rings. The van der Waals surface area contributed by atoms with Crippen LogP contribution in [0.5, 0.6) is 0 Å². The summed E-state index contributed by atoms with van der Waals surface area (Å²) in [5.41, 5.74) is 18.1. The molecule has 0 amide bonds. The van der Waals surface area contributed by atoms with Gasteiger partial charge in [-0.3, -0.25) is 15.0 Å². The lowest BCUT2D eigenvalue weighted by Crippen LogP contribution is -2.11. The normalized spacial score (nSPS) is 11.7. The van der Waals surface area contributed by atoms with Crippen molar-refractivity contribution in [3.8, 4) is 78.3 Å². The van der Waals surface area contributed by atoms with E-state index in [0.717, 1.165) is 102 Å². The molecule has 9 heteroatoms. The number of hydrogen-bond donors (Lipinski definition) is 0. The molecule has 74 heavy (non-hydrogen) atoms. The van der Waals surface area contributed by atoms with Crippen molar-refractivity contribution in [2.24, 2.45) is 0 Å². The largest absolute Gasteiger partial charge is 0.393 e. The van der Waals surface area contributed by atoms with Crippen molar-refractivity contribution in [3.63, 3.8) is 0 Å². The Morgan fingerprint density at radius 3 is 1.14 bits per heavy atom. The molecule has 0 saturated carbocycles. The van der Waals surface area contributed by atoms with E-state index >= 15 is 0 Å². The topological polar surface area (TPSA) is 38.7 Å². The zero-order valence-corrected chi connectivity index (χ0v) is 40.2. The van der Waals surface area contributed by atoms with Crippen molar-refractivity contribution in [2.45, 2.75) is 50.9 Å². The lowest BCUT2D eigenvalue weighted by molar-refractivity contribution is -0.128. The first-order valence-corrected chi connectivity index (χ1v) is 24.5. The number of hydrogen-bond acceptors (Lipinski definition) is 3. The Balaban J connectivity index is 0.967. The van der Waals surface area contributed by atoms with E-state index < -0.39 is 25.2 Å². The Hall–Kier alpha value is -8.43. The average Bonchev–Trinajstić information content (AvgIpc) is 3.42. The van der Waals surface area contributed by atoms with Gasteiger partial charge in [0.25, 0.3) is 0 Å². The summed E-state index contributed by atoms with van der Waals surface area (Å²) in [6, 6.07) is 67.3. The third kappa shape index (κ3) is 12.4. The maximum Gasteiger partial charge on any atom is 0.393 e. The van der Waals surface area contributed by atoms with Gasteiger partial charge in [-0.05, 0) is 116 Å². The van der Waals surface area contributed by atoms with Crippen LogP contribution in [0.15, 0.2) is 225 Å². The minimum atomic E-state index is -4.27. The van der Waals surface area contributed by atoms with Gasteiger partial charge in [0.15, 0.2) is 0 Å². The summed E-state index contributed by atoms with van der Waals surface area (Å²) >= 11 is 0. The Bertz CT molecular complexity index is 3340. The number of nitrogens with zero attached hydrogens (tertiary/aromatic N) is 3. The van der Waals surface area contributed by atoms with Crippen molar-refractivity contribution in [1.82, 2.24) is 15.0 Å². The van der Waals surface area contributed by atoms with Crippen molar-refractivity contribution >= 4 is 0 Å². The fourth-order valence-electron chi connectivity index (χ4n) is 9.44. The van der Waals surface area contributed by atoms with Crippen LogP contribution in [0.1, 0.15) is 33.4 Å². The van der Waals surface area contributed by atoms with Gasteiger partial charge in [0.1, 0.15) is 0 Å². The number of halogens is 6. The summed E-state index contributed by atoms with van der Waals surface area (Å²) in [7, 11) is 0. The summed E-state index contributed by atoms with van der Waals surface area (Å²) in [5.74, 6) is 0. The van der Waals surface area contributed by atoms with E-state index in [9.17, 15) is 26.3 Å². The van der Waals surface area contributed by atoms with Gasteiger partial charge in [0, 0.05) is 40.8 Å². The monoisotopic (exact) mass is 985 g/mol. The molecular formula is C65H49F6N3. The highest BCUT2D eigenvalue weighted by Crippen LogP contribution is 2.41. The van der Waals surface area contributed by atoms with E-state index in [1.165, 1.54) is 24.3 Å². The van der Waals surface area contributed by atoms with Gasteiger partial charge < -0.3 is 0 Å². The number of rotatable bonds is 15. The molecule has 0 N–H and O–H groups in total. The van der Waals surface area contributed by atoms with Crippen LogP contribution in [0.25, 0.3) is 78.3 Å². The Kier molecular flexibility index (Phi) is 14.4. The number of aryl methyl sites for hydroxylation is 4. The van der Waals surface area contributed by atoms with E-state index in [-0.39, 0.29) is 11.1 Å². The number of benzene rings is 7. The van der Waals surface area contributed by atoms with Crippen LogP contribution < -0.4 is 0 Å². The fraction of sp³-hybridized carbons (Fsp3) is 0.123. The molecule has 0 aliphatic heterocycles. The second kappa shape index (κ2) is 21.7. The van der Waals surface area contributed by atoms with Crippen molar-refractivity contribution < 1.29 is 26.3 Å². The summed E-state index contributed by atoms with van der Waals surface area (Å²) in [6.07, 6.45) is -1.96. The highest BCUT2D eigenvalue weighted by atomic mass is 19.4. The summed E-state index contributed by atoms with van der Waals surface area (Å²) in [6.45, 7) is 0. The zero-order chi connectivity index (χ0) is 51.1. The summed E-state index contributed by atoms with van der Waals surface area (Å²) < 4.78 is 77.9. The first-order chi connectivity index (χ1) is 35.9. The molecule has 0 aliphatic rings. The zero-order valence-electron chi connectivity index (χ0n) is 40.2. The van der Waals surface area contributed by atoms with Gasteiger partial charge in [-0.1, -0.05) is 188 Å². The van der Waals surface area contributed by atoms with Gasteiger partial charge >= 0.3 is 12.4 Å². The lowest BCUT2D eigenvalue weighted by Gasteiger charge is -2.18. The molecule has 0 radical (unpaired) electrons. The highest BCUT2D eigenvalue weighted by molar-refractivity contribution is 5.93. The number of alkyl halides is 6. The van der Waals surface area contributed by atoms with Crippen molar-refractivity contribution in [1.29, 1.82) is 0 Å². The van der Waals surface area contributed by atoms with Crippen LogP contribution in [0.4, 0.5) is 26.3 Å². The minimum Gasteiger partial charge on any atom is -0.256 e. The van der Waals surface area contributed by atoms with Crippen LogP contribution in [0.3, 0.4) is 0 Å². The van der Waals surface area contributed by atoms with Crippen LogP contribution in [0, 0.1) is 0 Å². The molecule has 3 aromatic heterocycles. The van der Waals surface area contributed by atoms with E-state index in [1.807, 2.05) is 79.3 Å². The number of aromatic nitrogens is 3. The molecule has 3 heterocycles.